The fraction of sp³-hybridized carbons (Fsp3) is 0.182. The minimum atomic E-state index is -0.759. The van der Waals surface area contributed by atoms with E-state index in [2.05, 4.69) is 4.98 Å². The highest BCUT2D eigenvalue weighted by Gasteiger charge is 2.27. The number of aromatic nitrogens is 2. The van der Waals surface area contributed by atoms with Gasteiger partial charge in [0.25, 0.3) is 5.56 Å². The van der Waals surface area contributed by atoms with E-state index in [1.54, 1.807) is 75.6 Å². The van der Waals surface area contributed by atoms with Crippen molar-refractivity contribution in [1.82, 2.24) is 9.55 Å². The molecule has 0 amide bonds. The van der Waals surface area contributed by atoms with E-state index in [9.17, 15) is 14.9 Å². The van der Waals surface area contributed by atoms with E-state index < -0.39 is 5.41 Å². The normalized spacial score (nSPS) is 13.1. The number of halogens is 1. The Bertz CT molecular complexity index is 1280. The Morgan fingerprint density at radius 2 is 1.79 bits per heavy atom. The van der Waals surface area contributed by atoms with Crippen molar-refractivity contribution < 1.29 is 4.79 Å². The average molecular weight is 424 g/mol. The van der Waals surface area contributed by atoms with E-state index in [0.29, 0.717) is 19.9 Å². The standard InChI is InChI=1S/C22H18ClN3O2S/c1-22(2,3)19(27)17(13-24)21-26(16-6-4-15(23)5-7-16)20(28)18(29-21)12-14-8-10-25-11-9-14/h4-12H,1-3H3/b18-12+,21-17-. The van der Waals surface area contributed by atoms with Crippen molar-refractivity contribution in [2.24, 2.45) is 5.41 Å². The number of ketones is 1. The van der Waals surface area contributed by atoms with Crippen LogP contribution in [-0.4, -0.2) is 15.3 Å². The summed E-state index contributed by atoms with van der Waals surface area (Å²) >= 11 is 7.10. The van der Waals surface area contributed by atoms with E-state index in [4.69, 9.17) is 11.6 Å². The third-order valence-corrected chi connectivity index (χ3v) is 5.49. The predicted molar refractivity (Wildman–Crippen MR) is 115 cm³/mol. The summed E-state index contributed by atoms with van der Waals surface area (Å²) in [6.45, 7) is 5.24. The van der Waals surface area contributed by atoms with Gasteiger partial charge in [-0.2, -0.15) is 5.26 Å². The zero-order valence-electron chi connectivity index (χ0n) is 16.1. The van der Waals surface area contributed by atoms with Crippen molar-refractivity contribution in [1.29, 1.82) is 5.26 Å². The Morgan fingerprint density at radius 1 is 1.17 bits per heavy atom. The Morgan fingerprint density at radius 3 is 2.34 bits per heavy atom. The van der Waals surface area contributed by atoms with Crippen molar-refractivity contribution in [3.63, 3.8) is 0 Å². The fourth-order valence-corrected chi connectivity index (χ4v) is 3.88. The van der Waals surface area contributed by atoms with E-state index in [1.165, 1.54) is 4.57 Å². The van der Waals surface area contributed by atoms with E-state index >= 15 is 0 Å². The van der Waals surface area contributed by atoms with Crippen LogP contribution in [0.3, 0.4) is 0 Å². The van der Waals surface area contributed by atoms with Crippen LogP contribution in [0.25, 0.3) is 17.3 Å². The number of carbonyl (C=O) groups is 1. The molecule has 0 atom stereocenters. The van der Waals surface area contributed by atoms with E-state index in [0.717, 1.165) is 16.9 Å². The molecule has 2 aromatic heterocycles. The molecule has 0 saturated heterocycles. The van der Waals surface area contributed by atoms with Crippen LogP contribution < -0.4 is 14.8 Å². The van der Waals surface area contributed by atoms with Crippen LogP contribution in [0.1, 0.15) is 26.3 Å². The molecule has 0 aliphatic rings. The zero-order chi connectivity index (χ0) is 21.2. The molecular formula is C22H18ClN3O2S. The molecule has 0 unspecified atom stereocenters. The third-order valence-electron chi connectivity index (χ3n) is 4.15. The molecule has 0 fully saturated rings. The Balaban J connectivity index is 2.43. The number of hydrogen-bond acceptors (Lipinski definition) is 5. The number of benzene rings is 1. The first kappa shape index (κ1) is 20.7. The first-order valence-corrected chi connectivity index (χ1v) is 10.0. The van der Waals surface area contributed by atoms with Crippen molar-refractivity contribution in [2.75, 3.05) is 0 Å². The molecule has 0 saturated carbocycles. The fourth-order valence-electron chi connectivity index (χ4n) is 2.66. The molecule has 0 spiro atoms. The number of thiazole rings is 1. The highest BCUT2D eigenvalue weighted by molar-refractivity contribution is 7.07. The largest absolute Gasteiger partial charge is 0.293 e. The number of carbonyl (C=O) groups excluding carboxylic acids is 1. The van der Waals surface area contributed by atoms with Gasteiger partial charge in [0.05, 0.1) is 10.2 Å². The lowest BCUT2D eigenvalue weighted by Gasteiger charge is -2.15. The van der Waals surface area contributed by atoms with E-state index in [-0.39, 0.29) is 16.9 Å². The Kier molecular flexibility index (Phi) is 5.83. The van der Waals surface area contributed by atoms with Crippen molar-refractivity contribution >= 4 is 40.4 Å². The molecule has 146 valence electrons. The number of rotatable bonds is 3. The van der Waals surface area contributed by atoms with Crippen molar-refractivity contribution in [3.8, 4) is 11.8 Å². The smallest absolute Gasteiger partial charge is 0.273 e. The van der Waals surface area contributed by atoms with Gasteiger partial charge >= 0.3 is 0 Å². The number of pyridine rings is 1. The van der Waals surface area contributed by atoms with Crippen molar-refractivity contribution in [2.45, 2.75) is 20.8 Å². The zero-order valence-corrected chi connectivity index (χ0v) is 17.7. The van der Waals surface area contributed by atoms with Gasteiger partial charge in [-0.25, -0.2) is 0 Å². The van der Waals surface area contributed by atoms with Crippen LogP contribution in [-0.2, 0) is 4.79 Å². The molecule has 0 N–H and O–H groups in total. The van der Waals surface area contributed by atoms with Crippen LogP contribution in [0.2, 0.25) is 5.02 Å². The summed E-state index contributed by atoms with van der Waals surface area (Å²) in [5.74, 6) is -0.320. The molecule has 3 rings (SSSR count). The number of nitrogens with zero attached hydrogens (tertiary/aromatic N) is 3. The van der Waals surface area contributed by atoms with Gasteiger partial charge in [0.15, 0.2) is 5.78 Å². The second kappa shape index (κ2) is 8.16. The van der Waals surface area contributed by atoms with Crippen LogP contribution in [0.15, 0.2) is 53.6 Å². The topological polar surface area (TPSA) is 75.8 Å². The van der Waals surface area contributed by atoms with Gasteiger partial charge in [-0.1, -0.05) is 32.4 Å². The highest BCUT2D eigenvalue weighted by atomic mass is 35.5. The first-order chi connectivity index (χ1) is 13.7. The summed E-state index contributed by atoms with van der Waals surface area (Å²) in [4.78, 5) is 30.1. The number of Topliss-reactive ketones (excluding diaryl/α,β-unsaturated/α-hetero) is 1. The second-order valence-corrected chi connectivity index (χ2v) is 8.85. The van der Waals surface area contributed by atoms with Gasteiger partial charge in [-0.05, 0) is 48.0 Å². The Hall–Kier alpha value is -3.01. The maximum atomic E-state index is 13.2. The molecule has 1 aromatic carbocycles. The van der Waals surface area contributed by atoms with Crippen molar-refractivity contribution in [3.05, 3.63) is 78.9 Å². The molecule has 2 heterocycles. The van der Waals surface area contributed by atoms with Gasteiger partial charge in [0.1, 0.15) is 16.3 Å². The molecule has 0 bridgehead atoms. The molecule has 29 heavy (non-hydrogen) atoms. The van der Waals surface area contributed by atoms with Gasteiger partial charge in [-0.15, -0.1) is 11.3 Å². The van der Waals surface area contributed by atoms with Crippen LogP contribution >= 0.6 is 22.9 Å². The monoisotopic (exact) mass is 423 g/mol. The summed E-state index contributed by atoms with van der Waals surface area (Å²) in [6.07, 6.45) is 4.99. The maximum absolute atomic E-state index is 13.2. The summed E-state index contributed by atoms with van der Waals surface area (Å²) in [6, 6.07) is 12.3. The summed E-state index contributed by atoms with van der Waals surface area (Å²) in [5.41, 5.74) is 0.232. The SMILES string of the molecule is CC(C)(C)C(=O)/C(C#N)=c1\s/c(=C/c2ccncc2)c(=O)n1-c1ccc(Cl)cc1. The molecule has 5 nitrogen and oxygen atoms in total. The number of nitriles is 1. The lowest BCUT2D eigenvalue weighted by atomic mass is 9.87. The lowest BCUT2D eigenvalue weighted by molar-refractivity contribution is -0.120. The summed E-state index contributed by atoms with van der Waals surface area (Å²) in [5, 5.41) is 10.3. The lowest BCUT2D eigenvalue weighted by Crippen LogP contribution is -2.33. The third kappa shape index (κ3) is 4.37. The Labute approximate surface area is 176 Å². The molecule has 3 aromatic rings. The average Bonchev–Trinajstić information content (AvgIpc) is 2.99. The van der Waals surface area contributed by atoms with Gasteiger partial charge in [0, 0.05) is 22.8 Å². The first-order valence-electron chi connectivity index (χ1n) is 8.81. The van der Waals surface area contributed by atoms with Crippen LogP contribution in [0.4, 0.5) is 0 Å². The quantitative estimate of drug-likeness (QED) is 0.648. The molecule has 7 heteroatoms. The molecule has 0 aliphatic heterocycles. The molecule has 0 aliphatic carbocycles. The van der Waals surface area contributed by atoms with Gasteiger partial charge in [-0.3, -0.25) is 19.1 Å². The summed E-state index contributed by atoms with van der Waals surface area (Å²) < 4.78 is 2.12. The maximum Gasteiger partial charge on any atom is 0.273 e. The minimum absolute atomic E-state index is 0.0380. The van der Waals surface area contributed by atoms with Crippen LogP contribution in [0, 0.1) is 16.7 Å². The molecule has 0 radical (unpaired) electrons. The number of hydrogen-bond donors (Lipinski definition) is 0. The second-order valence-electron chi connectivity index (χ2n) is 7.38. The minimum Gasteiger partial charge on any atom is -0.293 e. The highest BCUT2D eigenvalue weighted by Crippen LogP contribution is 2.20. The van der Waals surface area contributed by atoms with E-state index in [1.807, 2.05) is 6.07 Å². The predicted octanol–water partition coefficient (Wildman–Crippen LogP) is 3.07. The van der Waals surface area contributed by atoms with Crippen LogP contribution in [0.5, 0.6) is 0 Å². The van der Waals surface area contributed by atoms with Gasteiger partial charge < -0.3 is 0 Å². The molecular weight excluding hydrogens is 406 g/mol. The summed E-state index contributed by atoms with van der Waals surface area (Å²) in [7, 11) is 0. The van der Waals surface area contributed by atoms with Gasteiger partial charge in [0.2, 0.25) is 0 Å².